The molecule has 0 aromatic heterocycles. The van der Waals surface area contributed by atoms with Gasteiger partial charge in [0.25, 0.3) is 0 Å². The molecular weight excluding hydrogens is 652 g/mol. The summed E-state index contributed by atoms with van der Waals surface area (Å²) in [5, 5.41) is 32.1. The van der Waals surface area contributed by atoms with Crippen LogP contribution in [0.2, 0.25) is 0 Å². The molecule has 11 N–H and O–H groups in total. The van der Waals surface area contributed by atoms with Gasteiger partial charge in [-0.3, -0.25) is 47.9 Å². The first-order chi connectivity index (χ1) is 23.2. The maximum absolute atomic E-state index is 12.5. The van der Waals surface area contributed by atoms with E-state index in [0.29, 0.717) is 5.56 Å². The van der Waals surface area contributed by atoms with Gasteiger partial charge in [0.1, 0.15) is 11.8 Å². The van der Waals surface area contributed by atoms with Crippen molar-refractivity contribution in [3.63, 3.8) is 0 Å². The molecular formula is C28H40N10O11. The maximum Gasteiger partial charge on any atom is 0.243 e. The topological polar surface area (TPSA) is 311 Å². The monoisotopic (exact) mass is 692 g/mol. The molecule has 1 aromatic carbocycles. The Kier molecular flexibility index (Phi) is 18.5. The van der Waals surface area contributed by atoms with E-state index in [4.69, 9.17) is 0 Å². The maximum atomic E-state index is 12.5. The third kappa shape index (κ3) is 19.8. The molecule has 49 heavy (non-hydrogen) atoms. The molecule has 0 saturated carbocycles. The molecule has 0 fully saturated rings. The number of amides is 10. The van der Waals surface area contributed by atoms with E-state index in [-0.39, 0.29) is 18.7 Å². The molecule has 0 radical (unpaired) electrons. The lowest BCUT2D eigenvalue weighted by molar-refractivity contribution is -0.130. The van der Waals surface area contributed by atoms with Crippen molar-refractivity contribution in [3.8, 4) is 5.75 Å². The third-order valence-electron chi connectivity index (χ3n) is 5.89. The lowest BCUT2D eigenvalue weighted by atomic mass is 10.0. The fraction of sp³-hybridized carbons (Fsp3) is 0.429. The number of nitrogens with one attached hydrogen (secondary N) is 10. The van der Waals surface area contributed by atoms with Crippen molar-refractivity contribution in [3.05, 3.63) is 29.8 Å². The molecule has 0 aliphatic heterocycles. The Bertz CT molecular complexity index is 1390. The Morgan fingerprint density at radius 2 is 0.816 bits per heavy atom. The SMILES string of the molecule is CNC(=O)CNC(=O)CNC(=O)CNC(=O)CNC(=O)CNC(=O)CNC(=O)CNC(=O)CNC(=O)C(Cc1ccc(O)cc1)NC(C)=O. The summed E-state index contributed by atoms with van der Waals surface area (Å²) in [7, 11) is 1.39. The molecule has 0 saturated heterocycles. The molecule has 1 rings (SSSR count). The summed E-state index contributed by atoms with van der Waals surface area (Å²) in [5.74, 6) is -6.62. The van der Waals surface area contributed by atoms with Gasteiger partial charge < -0.3 is 58.3 Å². The molecule has 0 bridgehead atoms. The summed E-state index contributed by atoms with van der Waals surface area (Å²) in [4.78, 5) is 118. The molecule has 21 nitrogen and oxygen atoms in total. The summed E-state index contributed by atoms with van der Waals surface area (Å²) >= 11 is 0. The number of rotatable bonds is 20. The van der Waals surface area contributed by atoms with Gasteiger partial charge in [-0.1, -0.05) is 12.1 Å². The number of aromatic hydroxyl groups is 1. The van der Waals surface area contributed by atoms with Crippen LogP contribution in [-0.4, -0.2) is 130 Å². The largest absolute Gasteiger partial charge is 0.508 e. The van der Waals surface area contributed by atoms with E-state index < -0.39 is 111 Å². The van der Waals surface area contributed by atoms with Gasteiger partial charge in [0.15, 0.2) is 0 Å². The smallest absolute Gasteiger partial charge is 0.243 e. The van der Waals surface area contributed by atoms with Gasteiger partial charge in [-0.25, -0.2) is 0 Å². The third-order valence-corrected chi connectivity index (χ3v) is 5.89. The molecule has 1 unspecified atom stereocenters. The Morgan fingerprint density at radius 1 is 0.510 bits per heavy atom. The fourth-order valence-electron chi connectivity index (χ4n) is 3.39. The molecule has 268 valence electrons. The molecule has 0 aliphatic rings. The van der Waals surface area contributed by atoms with E-state index in [1.165, 1.54) is 26.1 Å². The molecule has 21 heteroatoms. The minimum absolute atomic E-state index is 0.0271. The average Bonchev–Trinajstić information content (AvgIpc) is 3.07. The Balaban J connectivity index is 2.22. The number of phenols is 1. The van der Waals surface area contributed by atoms with Crippen LogP contribution in [-0.2, 0) is 54.4 Å². The number of carbonyl (C=O) groups is 10. The van der Waals surface area contributed by atoms with Gasteiger partial charge >= 0.3 is 0 Å². The van der Waals surface area contributed by atoms with Crippen molar-refractivity contribution in [1.29, 1.82) is 0 Å². The van der Waals surface area contributed by atoms with E-state index in [2.05, 4.69) is 53.2 Å². The van der Waals surface area contributed by atoms with Crippen molar-refractivity contribution in [2.45, 2.75) is 19.4 Å². The van der Waals surface area contributed by atoms with Crippen LogP contribution in [0, 0.1) is 0 Å². The summed E-state index contributed by atoms with van der Waals surface area (Å²) in [6.07, 6.45) is 0.0862. The van der Waals surface area contributed by atoms with Crippen LogP contribution >= 0.6 is 0 Å². The van der Waals surface area contributed by atoms with Crippen molar-refractivity contribution in [2.75, 3.05) is 59.4 Å². The van der Waals surface area contributed by atoms with Crippen molar-refractivity contribution < 1.29 is 53.1 Å². The van der Waals surface area contributed by atoms with Gasteiger partial charge in [-0.05, 0) is 17.7 Å². The number of benzene rings is 1. The van der Waals surface area contributed by atoms with Crippen LogP contribution in [0.3, 0.4) is 0 Å². The van der Waals surface area contributed by atoms with Crippen LogP contribution in [0.15, 0.2) is 24.3 Å². The van der Waals surface area contributed by atoms with Crippen LogP contribution in [0.5, 0.6) is 5.75 Å². The summed E-state index contributed by atoms with van der Waals surface area (Å²) in [6.45, 7) is -2.64. The van der Waals surface area contributed by atoms with Crippen LogP contribution in [0.25, 0.3) is 0 Å². The first-order valence-corrected chi connectivity index (χ1v) is 14.6. The van der Waals surface area contributed by atoms with E-state index in [1.54, 1.807) is 12.1 Å². The molecule has 10 amide bonds. The summed E-state index contributed by atoms with van der Waals surface area (Å²) in [5.41, 5.74) is 0.641. The first-order valence-electron chi connectivity index (χ1n) is 14.6. The molecule has 1 aromatic rings. The van der Waals surface area contributed by atoms with E-state index in [9.17, 15) is 53.1 Å². The number of carbonyl (C=O) groups excluding carboxylic acids is 10. The van der Waals surface area contributed by atoms with Crippen molar-refractivity contribution in [2.24, 2.45) is 0 Å². The van der Waals surface area contributed by atoms with E-state index in [0.717, 1.165) is 0 Å². The van der Waals surface area contributed by atoms with E-state index >= 15 is 0 Å². The standard InChI is InChI=1S/C28H40N10O11/c1-16(39)38-19(7-17-3-5-18(40)6-4-17)28(49)37-15-27(48)36-14-26(47)35-13-25(46)34-12-24(45)33-11-23(44)32-10-22(43)31-9-21(42)30-8-20(41)29-2/h3-6,19,40H,7-15H2,1-2H3,(H,29,41)(H,30,42)(H,31,43)(H,32,44)(H,33,45)(H,34,46)(H,35,47)(H,36,48)(H,37,49)(H,38,39). The minimum Gasteiger partial charge on any atom is -0.508 e. The number of hydrogen-bond donors (Lipinski definition) is 11. The molecule has 0 spiro atoms. The van der Waals surface area contributed by atoms with Crippen LogP contribution in [0.4, 0.5) is 0 Å². The van der Waals surface area contributed by atoms with Gasteiger partial charge in [0.05, 0.1) is 52.4 Å². The first kappa shape index (κ1) is 40.7. The normalized spacial score (nSPS) is 10.6. The second-order valence-electron chi connectivity index (χ2n) is 9.95. The van der Waals surface area contributed by atoms with Gasteiger partial charge in [0.2, 0.25) is 59.1 Å². The zero-order valence-electron chi connectivity index (χ0n) is 26.8. The Labute approximate surface area is 279 Å². The fourth-order valence-corrected chi connectivity index (χ4v) is 3.39. The number of phenolic OH excluding ortho intramolecular Hbond substituents is 1. The lowest BCUT2D eigenvalue weighted by Gasteiger charge is -2.17. The number of hydrogen-bond acceptors (Lipinski definition) is 11. The lowest BCUT2D eigenvalue weighted by Crippen LogP contribution is -2.50. The molecule has 1 atom stereocenters. The zero-order chi connectivity index (χ0) is 36.8. The highest BCUT2D eigenvalue weighted by atomic mass is 16.3. The predicted molar refractivity (Wildman–Crippen MR) is 168 cm³/mol. The summed E-state index contributed by atoms with van der Waals surface area (Å²) in [6, 6.07) is 4.97. The predicted octanol–water partition coefficient (Wildman–Crippen LogP) is -6.89. The zero-order valence-corrected chi connectivity index (χ0v) is 26.8. The van der Waals surface area contributed by atoms with Crippen LogP contribution in [0.1, 0.15) is 12.5 Å². The second-order valence-corrected chi connectivity index (χ2v) is 9.95. The minimum atomic E-state index is -1.01. The Morgan fingerprint density at radius 3 is 1.12 bits per heavy atom. The highest BCUT2D eigenvalue weighted by Gasteiger charge is 2.21. The molecule has 0 heterocycles. The second kappa shape index (κ2) is 22.3. The number of likely N-dealkylation sites (N-methyl/N-ethyl adjacent to an activating group) is 1. The highest BCUT2D eigenvalue weighted by molar-refractivity contribution is 5.94. The summed E-state index contributed by atoms with van der Waals surface area (Å²) < 4.78 is 0. The van der Waals surface area contributed by atoms with E-state index in [1.807, 2.05) is 0 Å². The average molecular weight is 693 g/mol. The van der Waals surface area contributed by atoms with Crippen molar-refractivity contribution in [1.82, 2.24) is 53.2 Å². The van der Waals surface area contributed by atoms with Crippen molar-refractivity contribution >= 4 is 59.1 Å². The van der Waals surface area contributed by atoms with Gasteiger partial charge in [-0.2, -0.15) is 0 Å². The van der Waals surface area contributed by atoms with Gasteiger partial charge in [0, 0.05) is 20.4 Å². The molecule has 0 aliphatic carbocycles. The Hall–Kier alpha value is -6.28. The van der Waals surface area contributed by atoms with Crippen LogP contribution < -0.4 is 53.2 Å². The highest BCUT2D eigenvalue weighted by Crippen LogP contribution is 2.11. The quantitative estimate of drug-likeness (QED) is 0.0610. The van der Waals surface area contributed by atoms with Gasteiger partial charge in [-0.15, -0.1) is 0 Å².